The molecule has 0 aliphatic carbocycles. The second kappa shape index (κ2) is 14.5. The van der Waals surface area contributed by atoms with E-state index in [1.807, 2.05) is 0 Å². The Bertz CT molecular complexity index is 3840. The summed E-state index contributed by atoms with van der Waals surface area (Å²) in [5.41, 5.74) is 10.7. The van der Waals surface area contributed by atoms with Crippen molar-refractivity contribution in [2.75, 3.05) is 0 Å². The average Bonchev–Trinajstić information content (AvgIpc) is 4.01. The first kappa shape index (κ1) is 36.5. The van der Waals surface area contributed by atoms with Crippen molar-refractivity contribution in [3.63, 3.8) is 0 Å². The highest BCUT2D eigenvalue weighted by atomic mass is 28.3. The number of hydrogen-bond donors (Lipinski definition) is 0. The van der Waals surface area contributed by atoms with Gasteiger partial charge in [0.05, 0.1) is 33.1 Å². The Morgan fingerprint density at radius 1 is 0.203 bits per heavy atom. The minimum Gasteiger partial charge on any atom is -0.309 e. The number of nitrogens with zero attached hydrogens (tertiary/aromatic N) is 3. The van der Waals surface area contributed by atoms with E-state index in [9.17, 15) is 0 Å². The van der Waals surface area contributed by atoms with Crippen LogP contribution >= 0.6 is 0 Å². The van der Waals surface area contributed by atoms with Crippen molar-refractivity contribution in [2.45, 2.75) is 0 Å². The highest BCUT2D eigenvalue weighted by Crippen LogP contribution is 2.37. The molecule has 0 unspecified atom stereocenters. The van der Waals surface area contributed by atoms with Crippen molar-refractivity contribution in [1.82, 2.24) is 13.7 Å². The van der Waals surface area contributed by atoms with Crippen LogP contribution in [0.4, 0.5) is 0 Å². The summed E-state index contributed by atoms with van der Waals surface area (Å²) in [6.07, 6.45) is 0. The molecular weight excluding hydrogens is 791 g/mol. The van der Waals surface area contributed by atoms with Crippen molar-refractivity contribution >= 4 is 94.2 Å². The summed E-state index contributed by atoms with van der Waals surface area (Å²) in [6.45, 7) is 0. The average molecular weight is 832 g/mol. The van der Waals surface area contributed by atoms with Crippen molar-refractivity contribution in [3.05, 3.63) is 249 Å². The highest BCUT2D eigenvalue weighted by molar-refractivity contribution is 7.20. The van der Waals surface area contributed by atoms with Crippen LogP contribution in [0.5, 0.6) is 0 Å². The van der Waals surface area contributed by atoms with Gasteiger partial charge in [0.1, 0.15) is 0 Å². The number of hydrogen-bond acceptors (Lipinski definition) is 0. The molecule has 0 aliphatic heterocycles. The Morgan fingerprint density at radius 2 is 0.516 bits per heavy atom. The molecule has 3 heterocycles. The monoisotopic (exact) mass is 831 g/mol. The third-order valence-electron chi connectivity index (χ3n) is 13.6. The predicted octanol–water partition coefficient (Wildman–Crippen LogP) is 12.4. The van der Waals surface area contributed by atoms with Crippen LogP contribution in [0.3, 0.4) is 0 Å². The fourth-order valence-electron chi connectivity index (χ4n) is 10.9. The molecule has 0 atom stereocenters. The number of benzene rings is 10. The van der Waals surface area contributed by atoms with E-state index in [-0.39, 0.29) is 0 Å². The zero-order valence-electron chi connectivity index (χ0n) is 35.0. The largest absolute Gasteiger partial charge is 0.309 e. The molecule has 0 bridgehead atoms. The van der Waals surface area contributed by atoms with E-state index >= 15 is 0 Å². The van der Waals surface area contributed by atoms with Gasteiger partial charge in [-0.2, -0.15) is 0 Å². The number of rotatable bonds is 7. The molecule has 0 aliphatic rings. The van der Waals surface area contributed by atoms with Crippen molar-refractivity contribution in [1.29, 1.82) is 0 Å². The van der Waals surface area contributed by atoms with Crippen molar-refractivity contribution < 1.29 is 0 Å². The molecule has 0 spiro atoms. The summed E-state index contributed by atoms with van der Waals surface area (Å²) in [7, 11) is -2.97. The maximum absolute atomic E-state index is 2.97. The maximum atomic E-state index is 2.54. The van der Waals surface area contributed by atoms with E-state index in [4.69, 9.17) is 0 Å². The van der Waals surface area contributed by atoms with E-state index in [0.717, 1.165) is 11.4 Å². The van der Waals surface area contributed by atoms with Gasteiger partial charge in [-0.15, -0.1) is 0 Å². The second-order valence-electron chi connectivity index (χ2n) is 16.9. The van der Waals surface area contributed by atoms with Crippen LogP contribution in [0.15, 0.2) is 249 Å². The van der Waals surface area contributed by atoms with Crippen molar-refractivity contribution in [2.24, 2.45) is 0 Å². The minimum absolute atomic E-state index is 1.15. The molecule has 13 rings (SSSR count). The first-order chi connectivity index (χ1) is 31.8. The highest BCUT2D eigenvalue weighted by Gasteiger charge is 2.42. The van der Waals surface area contributed by atoms with Gasteiger partial charge in [-0.25, -0.2) is 0 Å². The van der Waals surface area contributed by atoms with E-state index in [0.29, 0.717) is 0 Å². The van der Waals surface area contributed by atoms with E-state index in [1.165, 1.54) is 91.9 Å². The Hall–Kier alpha value is -8.18. The summed E-state index contributed by atoms with van der Waals surface area (Å²) < 4.78 is 7.28. The second-order valence-corrected chi connectivity index (χ2v) is 20.7. The Balaban J connectivity index is 1.08. The van der Waals surface area contributed by atoms with Crippen LogP contribution in [0, 0.1) is 0 Å². The molecule has 0 N–H and O–H groups in total. The van der Waals surface area contributed by atoms with E-state index in [2.05, 4.69) is 262 Å². The molecular formula is C60H41N3Si. The molecule has 4 heteroatoms. The number of fused-ring (bicyclic) bond motifs is 9. The molecule has 3 nitrogen and oxygen atoms in total. The fraction of sp³-hybridized carbons (Fsp3) is 0. The van der Waals surface area contributed by atoms with Gasteiger partial charge in [-0.3, -0.25) is 0 Å². The van der Waals surface area contributed by atoms with Crippen LogP contribution in [-0.4, -0.2) is 21.8 Å². The van der Waals surface area contributed by atoms with Gasteiger partial charge in [-0.1, -0.05) is 176 Å². The van der Waals surface area contributed by atoms with Crippen LogP contribution in [0.2, 0.25) is 0 Å². The maximum Gasteiger partial charge on any atom is 0.179 e. The molecule has 3 aromatic heterocycles. The third-order valence-corrected chi connectivity index (χ3v) is 18.3. The molecule has 0 radical (unpaired) electrons. The summed E-state index contributed by atoms with van der Waals surface area (Å²) in [4.78, 5) is 0. The summed E-state index contributed by atoms with van der Waals surface area (Å²) >= 11 is 0. The topological polar surface area (TPSA) is 14.8 Å². The summed E-state index contributed by atoms with van der Waals surface area (Å²) in [5, 5.41) is 12.9. The van der Waals surface area contributed by atoms with Crippen LogP contribution in [0.1, 0.15) is 0 Å². The van der Waals surface area contributed by atoms with Gasteiger partial charge in [0.15, 0.2) is 8.07 Å². The molecule has 0 saturated heterocycles. The molecule has 0 fully saturated rings. The SMILES string of the molecule is c1ccc(-n2c3ccccc3c3cc(-n4c5ccccc5c5cc([Si](c6ccccc6)(c6ccccc6)c6ccc7c(c6)c6ccccc6n7-c6ccccc6)ccc54)ccc32)cc1. The number of para-hydroxylation sites is 5. The fourth-order valence-corrected chi connectivity index (χ4v) is 15.7. The van der Waals surface area contributed by atoms with Crippen molar-refractivity contribution in [3.8, 4) is 17.1 Å². The summed E-state index contributed by atoms with van der Waals surface area (Å²) in [5.74, 6) is 0. The van der Waals surface area contributed by atoms with E-state index in [1.54, 1.807) is 0 Å². The van der Waals surface area contributed by atoms with E-state index < -0.39 is 8.07 Å². The van der Waals surface area contributed by atoms with Gasteiger partial charge in [-0.05, 0) is 93.5 Å². The lowest BCUT2D eigenvalue weighted by atomic mass is 10.1. The minimum atomic E-state index is -2.97. The standard InChI is InChI=1S/C60H41N3Si/c1-5-19-42(20-6-1)61-55-30-16-13-27-49(55)52-39-44(33-36-58(52)61)63-57-32-18-15-29-51(57)54-41-48(35-38-60(54)63)64(45-23-9-3-10-24-45,46-25-11-4-12-26-46)47-34-37-59-53(40-47)50-28-14-17-31-56(50)62(59)43-21-7-2-8-22-43/h1-41H. The van der Waals surface area contributed by atoms with Crippen LogP contribution in [0.25, 0.3) is 82.5 Å². The first-order valence-corrected chi connectivity index (χ1v) is 24.1. The van der Waals surface area contributed by atoms with Gasteiger partial charge < -0.3 is 13.7 Å². The Kier molecular flexibility index (Phi) is 8.23. The molecule has 0 amide bonds. The molecule has 0 saturated carbocycles. The Morgan fingerprint density at radius 3 is 0.938 bits per heavy atom. The first-order valence-electron chi connectivity index (χ1n) is 22.1. The lowest BCUT2D eigenvalue weighted by Crippen LogP contribution is -2.74. The molecule has 13 aromatic rings. The van der Waals surface area contributed by atoms with Gasteiger partial charge in [0.2, 0.25) is 0 Å². The lowest BCUT2D eigenvalue weighted by molar-refractivity contribution is 1.17. The van der Waals surface area contributed by atoms with Crippen LogP contribution < -0.4 is 20.7 Å². The smallest absolute Gasteiger partial charge is 0.179 e. The zero-order chi connectivity index (χ0) is 42.2. The Labute approximate surface area is 372 Å². The normalized spacial score (nSPS) is 12.1. The van der Waals surface area contributed by atoms with Crippen LogP contribution in [-0.2, 0) is 0 Å². The van der Waals surface area contributed by atoms with Gasteiger partial charge >= 0.3 is 0 Å². The molecule has 300 valence electrons. The number of aromatic nitrogens is 3. The van der Waals surface area contributed by atoms with Gasteiger partial charge in [0, 0.05) is 49.4 Å². The third kappa shape index (κ3) is 5.33. The molecule has 10 aromatic carbocycles. The quantitative estimate of drug-likeness (QED) is 0.112. The zero-order valence-corrected chi connectivity index (χ0v) is 36.0. The molecule has 64 heavy (non-hydrogen) atoms. The summed E-state index contributed by atoms with van der Waals surface area (Å²) in [6, 6.07) is 92.4. The van der Waals surface area contributed by atoms with Gasteiger partial charge in [0.25, 0.3) is 0 Å². The lowest BCUT2D eigenvalue weighted by Gasteiger charge is -2.34. The predicted molar refractivity (Wildman–Crippen MR) is 273 cm³/mol.